The van der Waals surface area contributed by atoms with Crippen molar-refractivity contribution in [2.45, 2.75) is 6.54 Å². The number of hydrogen-bond acceptors (Lipinski definition) is 3. The molecule has 1 fully saturated rings. The molecule has 0 spiro atoms. The number of benzene rings is 2. The van der Waals surface area contributed by atoms with E-state index in [1.54, 1.807) is 24.3 Å². The zero-order valence-corrected chi connectivity index (χ0v) is 16.5. The number of rotatable bonds is 5. The van der Waals surface area contributed by atoms with E-state index in [9.17, 15) is 4.79 Å². The van der Waals surface area contributed by atoms with Gasteiger partial charge < -0.3 is 5.32 Å². The molecule has 138 valence electrons. The zero-order chi connectivity index (χ0) is 18.5. The third kappa shape index (κ3) is 5.60. The maximum absolute atomic E-state index is 12.2. The van der Waals surface area contributed by atoms with Crippen LogP contribution in [0.3, 0.4) is 0 Å². The highest BCUT2D eigenvalue weighted by Crippen LogP contribution is 2.23. The second-order valence-corrected chi connectivity index (χ2v) is 7.61. The average Bonchev–Trinajstić information content (AvgIpc) is 2.62. The van der Waals surface area contributed by atoms with Gasteiger partial charge in [-0.2, -0.15) is 0 Å². The van der Waals surface area contributed by atoms with Crippen LogP contribution in [0.5, 0.6) is 0 Å². The van der Waals surface area contributed by atoms with Gasteiger partial charge in [-0.25, -0.2) is 0 Å². The molecule has 4 nitrogen and oxygen atoms in total. The molecular formula is C19H20Cl3N3O. The molecule has 0 saturated carbocycles. The van der Waals surface area contributed by atoms with Gasteiger partial charge in [0.15, 0.2) is 0 Å². The van der Waals surface area contributed by atoms with Gasteiger partial charge in [-0.05, 0) is 42.0 Å². The fraction of sp³-hybridized carbons (Fsp3) is 0.316. The molecule has 0 aliphatic carbocycles. The molecule has 26 heavy (non-hydrogen) atoms. The van der Waals surface area contributed by atoms with E-state index in [-0.39, 0.29) is 5.91 Å². The van der Waals surface area contributed by atoms with Crippen LogP contribution in [0, 0.1) is 0 Å². The minimum Gasteiger partial charge on any atom is -0.325 e. The summed E-state index contributed by atoms with van der Waals surface area (Å²) < 4.78 is 0. The number of carbonyl (C=O) groups excluding carboxylic acids is 1. The molecule has 2 aromatic rings. The molecule has 0 aromatic heterocycles. The number of piperazine rings is 1. The first-order valence-electron chi connectivity index (χ1n) is 8.43. The second kappa shape index (κ2) is 9.07. The lowest BCUT2D eigenvalue weighted by molar-refractivity contribution is -0.117. The molecule has 1 amide bonds. The summed E-state index contributed by atoms with van der Waals surface area (Å²) in [5.74, 6) is -0.00902. The molecule has 0 bridgehead atoms. The molecule has 1 N–H and O–H groups in total. The number of nitrogens with one attached hydrogen (secondary N) is 1. The monoisotopic (exact) mass is 411 g/mol. The van der Waals surface area contributed by atoms with E-state index in [2.05, 4.69) is 15.1 Å². The number of carbonyl (C=O) groups is 1. The van der Waals surface area contributed by atoms with Gasteiger partial charge in [0.25, 0.3) is 0 Å². The summed E-state index contributed by atoms with van der Waals surface area (Å²) in [7, 11) is 0. The number of anilines is 1. The Hall–Kier alpha value is -1.30. The minimum atomic E-state index is -0.00902. The number of nitrogens with zero attached hydrogens (tertiary/aromatic N) is 2. The Kier molecular flexibility index (Phi) is 6.79. The lowest BCUT2D eigenvalue weighted by Gasteiger charge is -2.34. The Morgan fingerprint density at radius 2 is 1.54 bits per heavy atom. The van der Waals surface area contributed by atoms with Gasteiger partial charge in [0.05, 0.1) is 16.6 Å². The fourth-order valence-electron chi connectivity index (χ4n) is 2.94. The lowest BCUT2D eigenvalue weighted by Crippen LogP contribution is -2.48. The van der Waals surface area contributed by atoms with Crippen molar-refractivity contribution in [3.05, 3.63) is 63.1 Å². The zero-order valence-electron chi connectivity index (χ0n) is 14.2. The van der Waals surface area contributed by atoms with Crippen LogP contribution in [-0.4, -0.2) is 48.4 Å². The molecule has 2 aromatic carbocycles. The van der Waals surface area contributed by atoms with Crippen molar-refractivity contribution in [3.8, 4) is 0 Å². The van der Waals surface area contributed by atoms with E-state index < -0.39 is 0 Å². The summed E-state index contributed by atoms with van der Waals surface area (Å²) in [6, 6.07) is 12.9. The molecule has 1 aliphatic rings. The van der Waals surface area contributed by atoms with Crippen molar-refractivity contribution in [1.29, 1.82) is 0 Å². The first-order chi connectivity index (χ1) is 12.5. The van der Waals surface area contributed by atoms with E-state index in [0.29, 0.717) is 21.6 Å². The van der Waals surface area contributed by atoms with Gasteiger partial charge in [0.1, 0.15) is 0 Å². The summed E-state index contributed by atoms with van der Waals surface area (Å²) in [5.41, 5.74) is 1.91. The van der Waals surface area contributed by atoms with Crippen molar-refractivity contribution in [2.24, 2.45) is 0 Å². The summed E-state index contributed by atoms with van der Waals surface area (Å²) in [5, 5.41) is 4.71. The van der Waals surface area contributed by atoms with Crippen LogP contribution in [0.4, 0.5) is 5.69 Å². The van der Waals surface area contributed by atoms with Crippen LogP contribution in [0.25, 0.3) is 0 Å². The summed E-state index contributed by atoms with van der Waals surface area (Å²) in [6.45, 7) is 4.76. The maximum Gasteiger partial charge on any atom is 0.238 e. The molecular weight excluding hydrogens is 393 g/mol. The normalized spacial score (nSPS) is 15.8. The van der Waals surface area contributed by atoms with E-state index in [1.165, 1.54) is 0 Å². The highest BCUT2D eigenvalue weighted by Gasteiger charge is 2.19. The Morgan fingerprint density at radius 3 is 2.19 bits per heavy atom. The summed E-state index contributed by atoms with van der Waals surface area (Å²) >= 11 is 17.9. The molecule has 7 heteroatoms. The molecule has 3 rings (SSSR count). The van der Waals surface area contributed by atoms with Crippen LogP contribution in [0.15, 0.2) is 42.5 Å². The van der Waals surface area contributed by atoms with Crippen LogP contribution in [0.2, 0.25) is 15.1 Å². The standard InChI is InChI=1S/C19H20Cl3N3O/c20-15-2-4-16(5-3-15)23-19(26)13-25-9-7-24(8-10-25)12-14-1-6-17(21)18(22)11-14/h1-6,11H,7-10,12-13H2,(H,23,26). The Bertz CT molecular complexity index is 759. The van der Waals surface area contributed by atoms with Crippen LogP contribution in [0.1, 0.15) is 5.56 Å². The average molecular weight is 413 g/mol. The third-order valence-electron chi connectivity index (χ3n) is 4.35. The fourth-order valence-corrected chi connectivity index (χ4v) is 3.39. The van der Waals surface area contributed by atoms with Gasteiger partial charge in [-0.15, -0.1) is 0 Å². The lowest BCUT2D eigenvalue weighted by atomic mass is 10.2. The predicted molar refractivity (Wildman–Crippen MR) is 108 cm³/mol. The van der Waals surface area contributed by atoms with Crippen molar-refractivity contribution < 1.29 is 4.79 Å². The van der Waals surface area contributed by atoms with Crippen LogP contribution >= 0.6 is 34.8 Å². The molecule has 0 radical (unpaired) electrons. The van der Waals surface area contributed by atoms with E-state index >= 15 is 0 Å². The SMILES string of the molecule is O=C(CN1CCN(Cc2ccc(Cl)c(Cl)c2)CC1)Nc1ccc(Cl)cc1. The van der Waals surface area contributed by atoms with Gasteiger partial charge in [-0.3, -0.25) is 14.6 Å². The van der Waals surface area contributed by atoms with E-state index in [0.717, 1.165) is 44.0 Å². The molecule has 1 aliphatic heterocycles. The van der Waals surface area contributed by atoms with Crippen molar-refractivity contribution in [1.82, 2.24) is 9.80 Å². The Morgan fingerprint density at radius 1 is 0.885 bits per heavy atom. The predicted octanol–water partition coefficient (Wildman–Crippen LogP) is 4.40. The quantitative estimate of drug-likeness (QED) is 0.790. The van der Waals surface area contributed by atoms with Gasteiger partial charge in [0, 0.05) is 43.4 Å². The topological polar surface area (TPSA) is 35.6 Å². The minimum absolute atomic E-state index is 0.00902. The number of halogens is 3. The van der Waals surface area contributed by atoms with Crippen LogP contribution < -0.4 is 5.32 Å². The second-order valence-electron chi connectivity index (χ2n) is 6.36. The van der Waals surface area contributed by atoms with Gasteiger partial charge >= 0.3 is 0 Å². The van der Waals surface area contributed by atoms with Crippen LogP contribution in [-0.2, 0) is 11.3 Å². The van der Waals surface area contributed by atoms with Crippen molar-refractivity contribution >= 4 is 46.4 Å². The van der Waals surface area contributed by atoms with E-state index in [1.807, 2.05) is 18.2 Å². The molecule has 0 atom stereocenters. The van der Waals surface area contributed by atoms with E-state index in [4.69, 9.17) is 34.8 Å². The molecule has 1 saturated heterocycles. The first-order valence-corrected chi connectivity index (χ1v) is 9.57. The number of amides is 1. The maximum atomic E-state index is 12.2. The largest absolute Gasteiger partial charge is 0.325 e. The van der Waals surface area contributed by atoms with Crippen molar-refractivity contribution in [2.75, 3.05) is 38.0 Å². The van der Waals surface area contributed by atoms with Gasteiger partial charge in [0.2, 0.25) is 5.91 Å². The highest BCUT2D eigenvalue weighted by atomic mass is 35.5. The highest BCUT2D eigenvalue weighted by molar-refractivity contribution is 6.42. The third-order valence-corrected chi connectivity index (χ3v) is 5.34. The van der Waals surface area contributed by atoms with Gasteiger partial charge in [-0.1, -0.05) is 40.9 Å². The summed E-state index contributed by atoms with van der Waals surface area (Å²) in [4.78, 5) is 16.7. The Labute approximate surface area is 168 Å². The Balaban J connectivity index is 1.43. The smallest absolute Gasteiger partial charge is 0.238 e. The summed E-state index contributed by atoms with van der Waals surface area (Å²) in [6.07, 6.45) is 0. The van der Waals surface area contributed by atoms with Crippen molar-refractivity contribution in [3.63, 3.8) is 0 Å². The first kappa shape index (κ1) is 19.5. The molecule has 1 heterocycles. The number of hydrogen-bond donors (Lipinski definition) is 1. The molecule has 0 unspecified atom stereocenters.